The van der Waals surface area contributed by atoms with Gasteiger partial charge in [-0.15, -0.1) is 0 Å². The van der Waals surface area contributed by atoms with Gasteiger partial charge in [-0.25, -0.2) is 9.18 Å². The number of rotatable bonds is 1. The van der Waals surface area contributed by atoms with Crippen LogP contribution in [0.15, 0.2) is 18.2 Å². The van der Waals surface area contributed by atoms with Crippen molar-refractivity contribution in [2.45, 2.75) is 12.5 Å². The Balaban J connectivity index is 2.30. The summed E-state index contributed by atoms with van der Waals surface area (Å²) in [5, 5.41) is 11.4. The second-order valence-electron chi connectivity index (χ2n) is 3.04. The molecule has 1 atom stereocenters. The zero-order valence-corrected chi connectivity index (χ0v) is 6.75. The Hall–Kier alpha value is -1.58. The number of anilines is 1. The number of benzene rings is 1. The normalized spacial score (nSPS) is 19.3. The first kappa shape index (κ1) is 8.04. The van der Waals surface area contributed by atoms with Gasteiger partial charge >= 0.3 is 5.97 Å². The molecule has 2 N–H and O–H groups in total. The molecule has 68 valence electrons. The van der Waals surface area contributed by atoms with Gasteiger partial charge in [-0.1, -0.05) is 6.07 Å². The number of carboxylic acid groups (broad SMARTS) is 1. The number of nitrogens with one attached hydrogen (secondary N) is 1. The zero-order valence-electron chi connectivity index (χ0n) is 6.75. The van der Waals surface area contributed by atoms with E-state index in [9.17, 15) is 9.18 Å². The molecule has 0 aromatic heterocycles. The van der Waals surface area contributed by atoms with E-state index < -0.39 is 12.0 Å². The van der Waals surface area contributed by atoms with Gasteiger partial charge in [0.05, 0.1) is 0 Å². The lowest BCUT2D eigenvalue weighted by Crippen LogP contribution is -2.26. The zero-order chi connectivity index (χ0) is 9.42. The number of aliphatic carboxylic acids is 1. The van der Waals surface area contributed by atoms with Crippen molar-refractivity contribution in [2.75, 3.05) is 5.32 Å². The molecular weight excluding hydrogens is 173 g/mol. The number of hydrogen-bond donors (Lipinski definition) is 2. The van der Waals surface area contributed by atoms with Crippen molar-refractivity contribution in [2.24, 2.45) is 0 Å². The lowest BCUT2D eigenvalue weighted by atomic mass is 10.1. The molecule has 13 heavy (non-hydrogen) atoms. The second-order valence-corrected chi connectivity index (χ2v) is 3.04. The van der Waals surface area contributed by atoms with Crippen LogP contribution < -0.4 is 5.32 Å². The van der Waals surface area contributed by atoms with Crippen molar-refractivity contribution in [1.29, 1.82) is 0 Å². The van der Waals surface area contributed by atoms with E-state index in [0.717, 1.165) is 5.56 Å². The molecule has 1 aromatic rings. The third-order valence-corrected chi connectivity index (χ3v) is 2.12. The molecule has 0 radical (unpaired) electrons. The Morgan fingerprint density at radius 3 is 3.08 bits per heavy atom. The first-order chi connectivity index (χ1) is 6.16. The summed E-state index contributed by atoms with van der Waals surface area (Å²) in [7, 11) is 0. The maximum absolute atomic E-state index is 12.7. The Morgan fingerprint density at radius 2 is 2.38 bits per heavy atom. The van der Waals surface area contributed by atoms with Crippen molar-refractivity contribution in [3.8, 4) is 0 Å². The minimum atomic E-state index is -0.906. The predicted octanol–water partition coefficient (Wildman–Crippen LogP) is 1.25. The van der Waals surface area contributed by atoms with Gasteiger partial charge in [0, 0.05) is 12.1 Å². The van der Waals surface area contributed by atoms with Crippen LogP contribution in [0.5, 0.6) is 0 Å². The van der Waals surface area contributed by atoms with Crippen LogP contribution in [0.25, 0.3) is 0 Å². The van der Waals surface area contributed by atoms with E-state index in [1.165, 1.54) is 12.1 Å². The van der Waals surface area contributed by atoms with Gasteiger partial charge in [-0.2, -0.15) is 0 Å². The number of fused-ring (bicyclic) bond motifs is 1. The summed E-state index contributed by atoms with van der Waals surface area (Å²) in [6.07, 6.45) is 0.422. The molecule has 1 aliphatic heterocycles. The first-order valence-electron chi connectivity index (χ1n) is 3.94. The summed E-state index contributed by atoms with van der Waals surface area (Å²) in [5.41, 5.74) is 1.45. The molecule has 1 aliphatic rings. The molecule has 0 amide bonds. The molecule has 0 bridgehead atoms. The van der Waals surface area contributed by atoms with Crippen LogP contribution in [-0.2, 0) is 11.2 Å². The van der Waals surface area contributed by atoms with Crippen molar-refractivity contribution in [3.05, 3.63) is 29.6 Å². The van der Waals surface area contributed by atoms with E-state index in [2.05, 4.69) is 5.32 Å². The third-order valence-electron chi connectivity index (χ3n) is 2.12. The van der Waals surface area contributed by atoms with E-state index in [1.54, 1.807) is 6.07 Å². The van der Waals surface area contributed by atoms with E-state index in [1.807, 2.05) is 0 Å². The van der Waals surface area contributed by atoms with Gasteiger partial charge < -0.3 is 10.4 Å². The van der Waals surface area contributed by atoms with Crippen molar-refractivity contribution in [3.63, 3.8) is 0 Å². The van der Waals surface area contributed by atoms with Gasteiger partial charge in [0.25, 0.3) is 0 Å². The van der Waals surface area contributed by atoms with Crippen molar-refractivity contribution in [1.82, 2.24) is 0 Å². The maximum Gasteiger partial charge on any atom is 0.326 e. The highest BCUT2D eigenvalue weighted by Crippen LogP contribution is 2.26. The minimum Gasteiger partial charge on any atom is -0.480 e. The van der Waals surface area contributed by atoms with Crippen LogP contribution in [0.1, 0.15) is 5.56 Å². The van der Waals surface area contributed by atoms with Crippen LogP contribution >= 0.6 is 0 Å². The minimum absolute atomic E-state index is 0.350. The Labute approximate surface area is 74.2 Å². The van der Waals surface area contributed by atoms with Crippen molar-refractivity contribution < 1.29 is 14.3 Å². The SMILES string of the molecule is O=C(O)C1Cc2ccc(F)cc2N1. The second kappa shape index (κ2) is 2.73. The monoisotopic (exact) mass is 181 g/mol. The number of carbonyl (C=O) groups is 1. The smallest absolute Gasteiger partial charge is 0.326 e. The van der Waals surface area contributed by atoms with Crippen LogP contribution in [-0.4, -0.2) is 17.1 Å². The fraction of sp³-hybridized carbons (Fsp3) is 0.222. The van der Waals surface area contributed by atoms with Gasteiger partial charge in [-0.05, 0) is 17.7 Å². The number of halogens is 1. The molecule has 0 saturated carbocycles. The predicted molar refractivity (Wildman–Crippen MR) is 45.2 cm³/mol. The molecule has 0 spiro atoms. The molecule has 2 rings (SSSR count). The molecule has 0 aliphatic carbocycles. The molecule has 0 saturated heterocycles. The molecule has 1 heterocycles. The molecule has 1 unspecified atom stereocenters. The average Bonchev–Trinajstić information content (AvgIpc) is 2.46. The van der Waals surface area contributed by atoms with Gasteiger partial charge in [-0.3, -0.25) is 0 Å². The summed E-state index contributed by atoms with van der Waals surface area (Å²) < 4.78 is 12.7. The maximum atomic E-state index is 12.7. The average molecular weight is 181 g/mol. The Kier molecular flexibility index (Phi) is 1.69. The standard InChI is InChI=1S/C9H8FNO2/c10-6-2-1-5-3-8(9(12)13)11-7(5)4-6/h1-2,4,8,11H,3H2,(H,12,13). The summed E-state index contributed by atoms with van der Waals surface area (Å²) in [4.78, 5) is 10.6. The van der Waals surface area contributed by atoms with Gasteiger partial charge in [0.15, 0.2) is 0 Å². The Morgan fingerprint density at radius 1 is 1.62 bits per heavy atom. The fourth-order valence-corrected chi connectivity index (χ4v) is 1.47. The summed E-state index contributed by atoms with van der Waals surface area (Å²) >= 11 is 0. The topological polar surface area (TPSA) is 49.3 Å². The summed E-state index contributed by atoms with van der Waals surface area (Å²) in [6.45, 7) is 0. The van der Waals surface area contributed by atoms with E-state index >= 15 is 0 Å². The summed E-state index contributed by atoms with van der Waals surface area (Å²) in [5.74, 6) is -1.26. The molecule has 0 fully saturated rings. The summed E-state index contributed by atoms with van der Waals surface area (Å²) in [6, 6.07) is 3.65. The first-order valence-corrected chi connectivity index (χ1v) is 3.94. The van der Waals surface area contributed by atoms with Crippen LogP contribution in [0, 0.1) is 5.82 Å². The number of hydrogen-bond acceptors (Lipinski definition) is 2. The fourth-order valence-electron chi connectivity index (χ4n) is 1.47. The molecule has 3 nitrogen and oxygen atoms in total. The van der Waals surface area contributed by atoms with Crippen molar-refractivity contribution >= 4 is 11.7 Å². The van der Waals surface area contributed by atoms with E-state index in [4.69, 9.17) is 5.11 Å². The third kappa shape index (κ3) is 1.35. The Bertz CT molecular complexity index is 365. The van der Waals surface area contributed by atoms with Crippen LogP contribution in [0.3, 0.4) is 0 Å². The highest BCUT2D eigenvalue weighted by Gasteiger charge is 2.26. The lowest BCUT2D eigenvalue weighted by Gasteiger charge is -2.03. The van der Waals surface area contributed by atoms with Crippen LogP contribution in [0.2, 0.25) is 0 Å². The highest BCUT2D eigenvalue weighted by molar-refractivity contribution is 5.81. The van der Waals surface area contributed by atoms with Crippen LogP contribution in [0.4, 0.5) is 10.1 Å². The lowest BCUT2D eigenvalue weighted by molar-refractivity contribution is -0.137. The quantitative estimate of drug-likeness (QED) is 0.685. The van der Waals surface area contributed by atoms with Gasteiger partial charge in [0.2, 0.25) is 0 Å². The largest absolute Gasteiger partial charge is 0.480 e. The van der Waals surface area contributed by atoms with E-state index in [-0.39, 0.29) is 5.82 Å². The van der Waals surface area contributed by atoms with E-state index in [0.29, 0.717) is 12.1 Å². The molecular formula is C9H8FNO2. The molecule has 4 heteroatoms. The van der Waals surface area contributed by atoms with Gasteiger partial charge in [0.1, 0.15) is 11.9 Å². The number of carboxylic acids is 1. The highest BCUT2D eigenvalue weighted by atomic mass is 19.1. The molecule has 1 aromatic carbocycles.